The van der Waals surface area contributed by atoms with Crippen molar-refractivity contribution in [3.8, 4) is 5.88 Å². The topological polar surface area (TPSA) is 47.0 Å². The average molecular weight is 289 g/mol. The van der Waals surface area contributed by atoms with Crippen LogP contribution in [0.1, 0.15) is 24.2 Å². The molecular formula is C15H19N3OS. The number of hydrogen-bond donors (Lipinski definition) is 1. The number of nitrogens with one attached hydrogen (secondary N) is 1. The minimum absolute atomic E-state index is 0.0284. The van der Waals surface area contributed by atoms with E-state index in [1.165, 1.54) is 4.90 Å². The summed E-state index contributed by atoms with van der Waals surface area (Å²) in [5, 5.41) is 3.27. The lowest BCUT2D eigenvalue weighted by Gasteiger charge is -2.18. The van der Waals surface area contributed by atoms with E-state index in [4.69, 9.17) is 4.74 Å². The van der Waals surface area contributed by atoms with Crippen LogP contribution in [0.2, 0.25) is 0 Å². The van der Waals surface area contributed by atoms with Gasteiger partial charge in [0.1, 0.15) is 5.69 Å². The lowest BCUT2D eigenvalue weighted by Crippen LogP contribution is -2.20. The lowest BCUT2D eigenvalue weighted by atomic mass is 10.0. The summed E-state index contributed by atoms with van der Waals surface area (Å²) in [4.78, 5) is 9.89. The number of methoxy groups -OCH3 is 1. The molecule has 0 bridgehead atoms. The molecular weight excluding hydrogens is 270 g/mol. The Morgan fingerprint density at radius 2 is 1.90 bits per heavy atom. The van der Waals surface area contributed by atoms with Crippen molar-refractivity contribution in [2.24, 2.45) is 0 Å². The Hall–Kier alpha value is -1.59. The van der Waals surface area contributed by atoms with Gasteiger partial charge >= 0.3 is 0 Å². The first kappa shape index (κ1) is 14.8. The number of nitrogens with zero attached hydrogens (tertiary/aromatic N) is 2. The molecule has 2 aromatic rings. The van der Waals surface area contributed by atoms with Crippen molar-refractivity contribution in [2.75, 3.05) is 19.9 Å². The Balaban J connectivity index is 2.31. The molecule has 106 valence electrons. The van der Waals surface area contributed by atoms with Crippen molar-refractivity contribution >= 4 is 11.8 Å². The zero-order valence-electron chi connectivity index (χ0n) is 12.0. The Kier molecular flexibility index (Phi) is 5.38. The third-order valence-corrected chi connectivity index (χ3v) is 3.87. The smallest absolute Gasteiger partial charge is 0.237 e. The lowest BCUT2D eigenvalue weighted by molar-refractivity contribution is 0.384. The maximum Gasteiger partial charge on any atom is 0.237 e. The summed E-state index contributed by atoms with van der Waals surface area (Å²) < 4.78 is 5.29. The van der Waals surface area contributed by atoms with Crippen LogP contribution in [-0.2, 0) is 0 Å². The van der Waals surface area contributed by atoms with Crippen LogP contribution in [0.25, 0.3) is 0 Å². The molecule has 2 rings (SSSR count). The average Bonchev–Trinajstić information content (AvgIpc) is 2.50. The molecule has 1 heterocycles. The normalized spacial score (nSPS) is 12.2. The van der Waals surface area contributed by atoms with Crippen LogP contribution in [0.5, 0.6) is 5.88 Å². The molecule has 5 heteroatoms. The third-order valence-electron chi connectivity index (χ3n) is 2.97. The highest BCUT2D eigenvalue weighted by atomic mass is 32.2. The monoisotopic (exact) mass is 289 g/mol. The minimum atomic E-state index is -0.0284. The molecule has 0 aliphatic heterocycles. The molecule has 0 saturated heterocycles. The number of rotatable bonds is 6. The molecule has 1 aromatic heterocycles. The molecule has 1 aromatic carbocycles. The molecule has 0 fully saturated rings. The summed E-state index contributed by atoms with van der Waals surface area (Å²) in [6, 6.07) is 8.48. The first-order valence-corrected chi connectivity index (χ1v) is 7.53. The summed E-state index contributed by atoms with van der Waals surface area (Å²) >= 11 is 1.83. The summed E-state index contributed by atoms with van der Waals surface area (Å²) in [6.07, 6.45) is 3.32. The minimum Gasteiger partial charge on any atom is -0.480 e. The second kappa shape index (κ2) is 7.26. The van der Waals surface area contributed by atoms with Crippen molar-refractivity contribution in [1.82, 2.24) is 15.3 Å². The molecule has 0 saturated carbocycles. The van der Waals surface area contributed by atoms with Crippen LogP contribution >= 0.6 is 11.8 Å². The van der Waals surface area contributed by atoms with E-state index in [-0.39, 0.29) is 6.04 Å². The molecule has 1 atom stereocenters. The highest BCUT2D eigenvalue weighted by Crippen LogP contribution is 2.27. The molecule has 0 radical (unpaired) electrons. The Bertz CT molecular complexity index is 545. The van der Waals surface area contributed by atoms with Gasteiger partial charge in [-0.25, -0.2) is 4.98 Å². The molecule has 0 aliphatic rings. The van der Waals surface area contributed by atoms with Crippen molar-refractivity contribution in [3.63, 3.8) is 0 Å². The van der Waals surface area contributed by atoms with E-state index in [0.717, 1.165) is 17.0 Å². The van der Waals surface area contributed by atoms with Crippen LogP contribution < -0.4 is 10.1 Å². The number of hydrogen-bond acceptors (Lipinski definition) is 5. The summed E-state index contributed by atoms with van der Waals surface area (Å²) in [7, 11) is 3.52. The van der Waals surface area contributed by atoms with Crippen molar-refractivity contribution in [2.45, 2.75) is 17.9 Å². The number of thioether (sulfide) groups is 1. The molecule has 0 spiro atoms. The van der Waals surface area contributed by atoms with Crippen LogP contribution in [0.4, 0.5) is 0 Å². The molecule has 0 aliphatic carbocycles. The van der Waals surface area contributed by atoms with Crippen LogP contribution in [0.15, 0.2) is 41.6 Å². The van der Waals surface area contributed by atoms with Gasteiger partial charge in [-0.2, -0.15) is 0 Å². The van der Waals surface area contributed by atoms with Crippen molar-refractivity contribution in [3.05, 3.63) is 47.9 Å². The van der Waals surface area contributed by atoms with Gasteiger partial charge in [0.05, 0.1) is 13.2 Å². The van der Waals surface area contributed by atoms with E-state index < -0.39 is 0 Å². The van der Waals surface area contributed by atoms with Gasteiger partial charge in [-0.05, 0) is 30.5 Å². The predicted octanol–water partition coefficient (Wildman–Crippen LogP) is 2.91. The van der Waals surface area contributed by atoms with Crippen LogP contribution in [0.3, 0.4) is 0 Å². The quantitative estimate of drug-likeness (QED) is 0.829. The van der Waals surface area contributed by atoms with Crippen LogP contribution in [-0.4, -0.2) is 29.9 Å². The van der Waals surface area contributed by atoms with E-state index in [0.29, 0.717) is 5.88 Å². The van der Waals surface area contributed by atoms with E-state index in [2.05, 4.69) is 46.5 Å². The number of benzene rings is 1. The van der Waals surface area contributed by atoms with Crippen molar-refractivity contribution < 1.29 is 4.74 Å². The second-order valence-corrected chi connectivity index (χ2v) is 5.51. The van der Waals surface area contributed by atoms with Gasteiger partial charge in [0.25, 0.3) is 0 Å². The Morgan fingerprint density at radius 3 is 2.50 bits per heavy atom. The fraction of sp³-hybridized carbons (Fsp3) is 0.333. The maximum atomic E-state index is 5.29. The van der Waals surface area contributed by atoms with Gasteiger partial charge in [-0.3, -0.25) is 4.98 Å². The summed E-state index contributed by atoms with van der Waals surface area (Å²) in [6.45, 7) is 2.15. The fourth-order valence-electron chi connectivity index (χ4n) is 2.08. The van der Waals surface area contributed by atoms with E-state index in [1.54, 1.807) is 19.5 Å². The van der Waals surface area contributed by atoms with E-state index in [1.807, 2.05) is 18.8 Å². The van der Waals surface area contributed by atoms with Gasteiger partial charge in [-0.15, -0.1) is 11.8 Å². The van der Waals surface area contributed by atoms with Crippen LogP contribution in [0, 0.1) is 0 Å². The maximum absolute atomic E-state index is 5.29. The zero-order chi connectivity index (χ0) is 14.4. The third kappa shape index (κ3) is 3.29. The summed E-state index contributed by atoms with van der Waals surface area (Å²) in [5.41, 5.74) is 1.94. The number of ether oxygens (including phenoxy) is 1. The van der Waals surface area contributed by atoms with Gasteiger partial charge in [-0.1, -0.05) is 19.1 Å². The van der Waals surface area contributed by atoms with E-state index in [9.17, 15) is 0 Å². The zero-order valence-corrected chi connectivity index (χ0v) is 12.8. The SMILES string of the molecule is CCSc1ccc(C(NC)c2nccnc2OC)cc1. The molecule has 0 amide bonds. The van der Waals surface area contributed by atoms with Crippen molar-refractivity contribution in [1.29, 1.82) is 0 Å². The predicted molar refractivity (Wildman–Crippen MR) is 82.3 cm³/mol. The second-order valence-electron chi connectivity index (χ2n) is 4.17. The molecule has 1 N–H and O–H groups in total. The first-order valence-electron chi connectivity index (χ1n) is 6.55. The molecule has 4 nitrogen and oxygen atoms in total. The van der Waals surface area contributed by atoms with Gasteiger partial charge in [0, 0.05) is 17.3 Å². The van der Waals surface area contributed by atoms with E-state index >= 15 is 0 Å². The largest absolute Gasteiger partial charge is 0.480 e. The Morgan fingerprint density at radius 1 is 1.20 bits per heavy atom. The summed E-state index contributed by atoms with van der Waals surface area (Å²) in [5.74, 6) is 1.63. The first-order chi connectivity index (χ1) is 9.80. The highest BCUT2D eigenvalue weighted by molar-refractivity contribution is 7.99. The number of aromatic nitrogens is 2. The highest BCUT2D eigenvalue weighted by Gasteiger charge is 2.18. The van der Waals surface area contributed by atoms with Gasteiger partial charge in [0.15, 0.2) is 0 Å². The Labute approximate surface area is 124 Å². The standard InChI is InChI=1S/C15H19N3OS/c1-4-20-12-7-5-11(6-8-12)13(16-2)14-15(19-3)18-10-9-17-14/h5-10,13,16H,4H2,1-3H3. The molecule has 20 heavy (non-hydrogen) atoms. The van der Waals surface area contributed by atoms with Gasteiger partial charge < -0.3 is 10.1 Å². The fourth-order valence-corrected chi connectivity index (χ4v) is 2.74. The van der Waals surface area contributed by atoms with Gasteiger partial charge in [0.2, 0.25) is 5.88 Å². The molecule has 1 unspecified atom stereocenters.